The predicted octanol–water partition coefficient (Wildman–Crippen LogP) is 1.82. The van der Waals surface area contributed by atoms with Gasteiger partial charge in [0.25, 0.3) is 0 Å². The van der Waals surface area contributed by atoms with Crippen molar-refractivity contribution in [2.24, 2.45) is 7.05 Å². The van der Waals surface area contributed by atoms with Gasteiger partial charge in [0.2, 0.25) is 5.43 Å². The van der Waals surface area contributed by atoms with Crippen molar-refractivity contribution in [3.63, 3.8) is 0 Å². The molecule has 0 fully saturated rings. The normalized spacial score (nSPS) is 11.1. The van der Waals surface area contributed by atoms with Crippen LogP contribution < -0.4 is 10.2 Å². The fourth-order valence-corrected chi connectivity index (χ4v) is 2.64. The van der Waals surface area contributed by atoms with E-state index in [1.807, 2.05) is 0 Å². The van der Waals surface area contributed by atoms with Crippen molar-refractivity contribution < 1.29 is 20.1 Å². The Morgan fingerprint density at radius 2 is 1.81 bits per heavy atom. The third kappa shape index (κ3) is 1.62. The molecule has 0 aliphatic carbocycles. The zero-order chi connectivity index (χ0) is 15.3. The number of hydrogen-bond donors (Lipinski definition) is 3. The molecule has 0 unspecified atom stereocenters. The van der Waals surface area contributed by atoms with Crippen molar-refractivity contribution in [2.75, 3.05) is 7.11 Å². The molecule has 1 aromatic heterocycles. The van der Waals surface area contributed by atoms with Gasteiger partial charge in [-0.05, 0) is 12.1 Å². The fraction of sp³-hybridized carbons (Fsp3) is 0.133. The highest BCUT2D eigenvalue weighted by Crippen LogP contribution is 2.40. The number of hydrogen-bond acceptors (Lipinski definition) is 5. The second-order valence-electron chi connectivity index (χ2n) is 4.73. The number of rotatable bonds is 1. The number of ether oxygens (including phenoxy) is 1. The zero-order valence-corrected chi connectivity index (χ0v) is 11.4. The van der Waals surface area contributed by atoms with Gasteiger partial charge in [-0.25, -0.2) is 0 Å². The molecule has 0 saturated heterocycles. The highest BCUT2D eigenvalue weighted by atomic mass is 16.5. The SMILES string of the molecule is COc1cc(O)c2c(=O)c3cccc(O)c3n(C)c2c1O. The van der Waals surface area contributed by atoms with Crippen LogP contribution in [0, 0.1) is 0 Å². The van der Waals surface area contributed by atoms with Crippen molar-refractivity contribution in [1.82, 2.24) is 4.57 Å². The van der Waals surface area contributed by atoms with Crippen molar-refractivity contribution in [3.05, 3.63) is 34.5 Å². The van der Waals surface area contributed by atoms with Crippen LogP contribution in [0.3, 0.4) is 0 Å². The third-order valence-corrected chi connectivity index (χ3v) is 3.60. The van der Waals surface area contributed by atoms with E-state index >= 15 is 0 Å². The molecule has 0 saturated carbocycles. The Morgan fingerprint density at radius 1 is 1.10 bits per heavy atom. The molecular formula is C15H13NO5. The number of phenols is 3. The average Bonchev–Trinajstić information content (AvgIpc) is 2.46. The van der Waals surface area contributed by atoms with Crippen LogP contribution >= 0.6 is 0 Å². The molecule has 0 amide bonds. The van der Waals surface area contributed by atoms with E-state index in [1.54, 1.807) is 19.2 Å². The summed E-state index contributed by atoms with van der Waals surface area (Å²) in [4.78, 5) is 12.5. The Bertz CT molecular complexity index is 943. The summed E-state index contributed by atoms with van der Waals surface area (Å²) in [5.74, 6) is -0.596. The van der Waals surface area contributed by atoms with Gasteiger partial charge < -0.3 is 24.6 Å². The average molecular weight is 287 g/mol. The quantitative estimate of drug-likeness (QED) is 0.469. The lowest BCUT2D eigenvalue weighted by Gasteiger charge is -2.15. The Morgan fingerprint density at radius 3 is 2.48 bits per heavy atom. The first-order valence-corrected chi connectivity index (χ1v) is 6.20. The Hall–Kier alpha value is -2.89. The van der Waals surface area contributed by atoms with E-state index < -0.39 is 5.43 Å². The van der Waals surface area contributed by atoms with Gasteiger partial charge in [0.05, 0.1) is 23.4 Å². The van der Waals surface area contributed by atoms with Crippen LogP contribution in [0.5, 0.6) is 23.0 Å². The molecule has 2 aromatic carbocycles. The first-order valence-electron chi connectivity index (χ1n) is 6.20. The Balaban J connectivity index is 2.73. The molecule has 3 N–H and O–H groups in total. The molecule has 0 bridgehead atoms. The molecule has 108 valence electrons. The maximum atomic E-state index is 12.5. The number of pyridine rings is 1. The van der Waals surface area contributed by atoms with Gasteiger partial charge in [0.1, 0.15) is 17.0 Å². The fourth-order valence-electron chi connectivity index (χ4n) is 2.64. The van der Waals surface area contributed by atoms with Gasteiger partial charge in [0.15, 0.2) is 11.5 Å². The summed E-state index contributed by atoms with van der Waals surface area (Å²) >= 11 is 0. The van der Waals surface area contributed by atoms with Gasteiger partial charge in [-0.2, -0.15) is 0 Å². The minimum Gasteiger partial charge on any atom is -0.507 e. The van der Waals surface area contributed by atoms with E-state index in [2.05, 4.69) is 0 Å². The summed E-state index contributed by atoms with van der Waals surface area (Å²) in [6.45, 7) is 0. The number of methoxy groups -OCH3 is 1. The van der Waals surface area contributed by atoms with E-state index in [1.165, 1.54) is 23.8 Å². The summed E-state index contributed by atoms with van der Waals surface area (Å²) in [7, 11) is 2.93. The summed E-state index contributed by atoms with van der Waals surface area (Å²) in [6.07, 6.45) is 0. The first-order chi connectivity index (χ1) is 9.97. The lowest BCUT2D eigenvalue weighted by Crippen LogP contribution is -2.10. The minimum absolute atomic E-state index is 0.0195. The molecule has 6 nitrogen and oxygen atoms in total. The van der Waals surface area contributed by atoms with Crippen LogP contribution in [-0.2, 0) is 7.05 Å². The summed E-state index contributed by atoms with van der Waals surface area (Å²) in [6, 6.07) is 5.74. The van der Waals surface area contributed by atoms with Crippen LogP contribution in [0.1, 0.15) is 0 Å². The van der Waals surface area contributed by atoms with Crippen LogP contribution in [-0.4, -0.2) is 27.0 Å². The summed E-state index contributed by atoms with van der Waals surface area (Å²) in [5.41, 5.74) is -0.0896. The third-order valence-electron chi connectivity index (χ3n) is 3.60. The van der Waals surface area contributed by atoms with Crippen LogP contribution in [0.25, 0.3) is 21.8 Å². The van der Waals surface area contributed by atoms with Crippen molar-refractivity contribution in [3.8, 4) is 23.0 Å². The standard InChI is InChI=1S/C15H13NO5/c1-16-12-7(4-3-5-8(12)17)14(19)11-9(18)6-10(21-2)15(20)13(11)16/h3-6,17-18,20H,1-2H3. The van der Waals surface area contributed by atoms with Gasteiger partial charge in [-0.3, -0.25) is 4.79 Å². The molecule has 0 aliphatic rings. The second-order valence-corrected chi connectivity index (χ2v) is 4.73. The van der Waals surface area contributed by atoms with E-state index in [-0.39, 0.29) is 44.8 Å². The number of para-hydroxylation sites is 1. The van der Waals surface area contributed by atoms with E-state index in [9.17, 15) is 20.1 Å². The van der Waals surface area contributed by atoms with Crippen LogP contribution in [0.2, 0.25) is 0 Å². The smallest absolute Gasteiger partial charge is 0.201 e. The largest absolute Gasteiger partial charge is 0.507 e. The summed E-state index contributed by atoms with van der Waals surface area (Å²) in [5, 5.41) is 30.5. The number of benzene rings is 2. The number of aromatic hydroxyl groups is 3. The Kier molecular flexibility index (Phi) is 2.69. The molecule has 3 rings (SSSR count). The van der Waals surface area contributed by atoms with Gasteiger partial charge >= 0.3 is 0 Å². The molecule has 0 spiro atoms. The van der Waals surface area contributed by atoms with E-state index in [4.69, 9.17) is 4.74 Å². The molecule has 0 aliphatic heterocycles. The Labute approximate surface area is 119 Å². The summed E-state index contributed by atoms with van der Waals surface area (Å²) < 4.78 is 6.44. The maximum absolute atomic E-state index is 12.5. The molecule has 3 aromatic rings. The van der Waals surface area contributed by atoms with E-state index in [0.29, 0.717) is 0 Å². The number of fused-ring (bicyclic) bond motifs is 2. The highest BCUT2D eigenvalue weighted by molar-refractivity contribution is 6.01. The van der Waals surface area contributed by atoms with Crippen molar-refractivity contribution in [2.45, 2.75) is 0 Å². The van der Waals surface area contributed by atoms with Gasteiger partial charge in [0, 0.05) is 13.1 Å². The van der Waals surface area contributed by atoms with E-state index in [0.717, 1.165) is 0 Å². The van der Waals surface area contributed by atoms with Crippen LogP contribution in [0.15, 0.2) is 29.1 Å². The van der Waals surface area contributed by atoms with Crippen LogP contribution in [0.4, 0.5) is 0 Å². The van der Waals surface area contributed by atoms with Crippen molar-refractivity contribution in [1.29, 1.82) is 0 Å². The topological polar surface area (TPSA) is 91.9 Å². The van der Waals surface area contributed by atoms with Gasteiger partial charge in [-0.1, -0.05) is 6.07 Å². The number of aromatic nitrogens is 1. The number of phenolic OH excluding ortho intramolecular Hbond substituents is 3. The second kappa shape index (κ2) is 4.31. The van der Waals surface area contributed by atoms with Gasteiger partial charge in [-0.15, -0.1) is 0 Å². The molecule has 6 heteroatoms. The molecule has 1 heterocycles. The zero-order valence-electron chi connectivity index (χ0n) is 11.4. The molecule has 21 heavy (non-hydrogen) atoms. The minimum atomic E-state index is -0.468. The predicted molar refractivity (Wildman–Crippen MR) is 78.2 cm³/mol. The highest BCUT2D eigenvalue weighted by Gasteiger charge is 2.20. The lowest BCUT2D eigenvalue weighted by atomic mass is 10.1. The molecular weight excluding hydrogens is 274 g/mol. The van der Waals surface area contributed by atoms with Crippen molar-refractivity contribution >= 4 is 21.8 Å². The maximum Gasteiger partial charge on any atom is 0.201 e. The molecule has 0 atom stereocenters. The first kappa shape index (κ1) is 13.1. The monoisotopic (exact) mass is 287 g/mol. The number of nitrogens with zero attached hydrogens (tertiary/aromatic N) is 1. The lowest BCUT2D eigenvalue weighted by molar-refractivity contribution is 0.371. The number of aryl methyl sites for hydroxylation is 1. The molecule has 0 radical (unpaired) electrons.